The third-order valence-corrected chi connectivity index (χ3v) is 4.57. The van der Waals surface area contributed by atoms with Gasteiger partial charge in [0.25, 0.3) is 5.91 Å². The molecule has 0 aromatic heterocycles. The Kier molecular flexibility index (Phi) is 5.11. The first-order valence-electron chi connectivity index (χ1n) is 7.17. The molecule has 1 aromatic rings. The Morgan fingerprint density at radius 3 is 2.62 bits per heavy atom. The van der Waals surface area contributed by atoms with E-state index in [-0.39, 0.29) is 11.4 Å². The highest BCUT2D eigenvalue weighted by Crippen LogP contribution is 2.38. The van der Waals surface area contributed by atoms with Crippen LogP contribution in [-0.4, -0.2) is 31.2 Å². The molecule has 116 valence electrons. The number of hydrogen-bond donors (Lipinski definition) is 2. The molecule has 1 amide bonds. The van der Waals surface area contributed by atoms with Crippen molar-refractivity contribution in [2.24, 2.45) is 5.73 Å². The molecular formula is C15H21BrN2O3. The molecule has 1 heterocycles. The number of rotatable bonds is 5. The molecule has 5 nitrogen and oxygen atoms in total. The number of halogens is 1. The molecule has 3 N–H and O–H groups in total. The number of fused-ring (bicyclic) bond motifs is 1. The van der Waals surface area contributed by atoms with Gasteiger partial charge < -0.3 is 20.5 Å². The predicted octanol–water partition coefficient (Wildman–Crippen LogP) is 2.47. The SMILES string of the molecule is CCC(CC)(CN)NC(=O)c1cc(Br)c2c(c1)OCCO2. The van der Waals surface area contributed by atoms with Gasteiger partial charge in [-0.25, -0.2) is 0 Å². The van der Waals surface area contributed by atoms with Gasteiger partial charge in [-0.15, -0.1) is 0 Å². The van der Waals surface area contributed by atoms with Gasteiger partial charge in [0.1, 0.15) is 13.2 Å². The molecule has 0 fully saturated rings. The first kappa shape index (κ1) is 16.1. The molecule has 21 heavy (non-hydrogen) atoms. The van der Waals surface area contributed by atoms with Gasteiger partial charge in [-0.3, -0.25) is 4.79 Å². The normalized spacial score (nSPS) is 13.9. The molecule has 0 saturated carbocycles. The maximum absolute atomic E-state index is 12.5. The highest BCUT2D eigenvalue weighted by Gasteiger charge is 2.28. The average Bonchev–Trinajstić information content (AvgIpc) is 2.52. The number of hydrogen-bond acceptors (Lipinski definition) is 4. The molecule has 1 aliphatic heterocycles. The molecule has 0 unspecified atom stereocenters. The minimum Gasteiger partial charge on any atom is -0.486 e. The lowest BCUT2D eigenvalue weighted by Crippen LogP contribution is -2.52. The number of ether oxygens (including phenoxy) is 2. The van der Waals surface area contributed by atoms with E-state index in [4.69, 9.17) is 15.2 Å². The molecule has 2 rings (SSSR count). The summed E-state index contributed by atoms with van der Waals surface area (Å²) in [5.74, 6) is 1.09. The standard InChI is InChI=1S/C15H21BrN2O3/c1-3-15(4-2,9-17)18-14(19)10-7-11(16)13-12(8-10)20-5-6-21-13/h7-8H,3-6,9,17H2,1-2H3,(H,18,19). The second-order valence-corrected chi connectivity index (χ2v) is 5.98. The van der Waals surface area contributed by atoms with E-state index in [1.807, 2.05) is 13.8 Å². The highest BCUT2D eigenvalue weighted by molar-refractivity contribution is 9.10. The van der Waals surface area contributed by atoms with Crippen LogP contribution in [0.15, 0.2) is 16.6 Å². The summed E-state index contributed by atoms with van der Waals surface area (Å²) in [6.07, 6.45) is 1.58. The van der Waals surface area contributed by atoms with Crippen LogP contribution in [0, 0.1) is 0 Å². The molecular weight excluding hydrogens is 336 g/mol. The van der Waals surface area contributed by atoms with Gasteiger partial charge in [-0.1, -0.05) is 13.8 Å². The molecule has 1 aliphatic rings. The Morgan fingerprint density at radius 2 is 2.00 bits per heavy atom. The first-order chi connectivity index (χ1) is 10.0. The summed E-state index contributed by atoms with van der Waals surface area (Å²) in [6, 6.07) is 3.45. The van der Waals surface area contributed by atoms with Crippen LogP contribution in [0.5, 0.6) is 11.5 Å². The van der Waals surface area contributed by atoms with Crippen molar-refractivity contribution in [3.05, 3.63) is 22.2 Å². The van der Waals surface area contributed by atoms with Crippen molar-refractivity contribution >= 4 is 21.8 Å². The quantitative estimate of drug-likeness (QED) is 0.849. The van der Waals surface area contributed by atoms with E-state index >= 15 is 0 Å². The van der Waals surface area contributed by atoms with Crippen LogP contribution >= 0.6 is 15.9 Å². The minimum absolute atomic E-state index is 0.151. The fraction of sp³-hybridized carbons (Fsp3) is 0.533. The third kappa shape index (κ3) is 3.32. The van der Waals surface area contributed by atoms with E-state index in [1.54, 1.807) is 12.1 Å². The maximum atomic E-state index is 12.5. The van der Waals surface area contributed by atoms with E-state index in [2.05, 4.69) is 21.2 Å². The van der Waals surface area contributed by atoms with E-state index < -0.39 is 0 Å². The van der Waals surface area contributed by atoms with Crippen molar-refractivity contribution in [2.45, 2.75) is 32.2 Å². The van der Waals surface area contributed by atoms with E-state index in [0.29, 0.717) is 36.8 Å². The van der Waals surface area contributed by atoms with Gasteiger partial charge in [0.05, 0.1) is 10.0 Å². The topological polar surface area (TPSA) is 73.6 Å². The van der Waals surface area contributed by atoms with Crippen molar-refractivity contribution < 1.29 is 14.3 Å². The molecule has 0 saturated heterocycles. The summed E-state index contributed by atoms with van der Waals surface area (Å²) in [4.78, 5) is 12.5. The highest BCUT2D eigenvalue weighted by atomic mass is 79.9. The van der Waals surface area contributed by atoms with E-state index in [1.165, 1.54) is 0 Å². The monoisotopic (exact) mass is 356 g/mol. The van der Waals surface area contributed by atoms with E-state index in [0.717, 1.165) is 17.3 Å². The maximum Gasteiger partial charge on any atom is 0.251 e. The van der Waals surface area contributed by atoms with Crippen LogP contribution in [0.3, 0.4) is 0 Å². The van der Waals surface area contributed by atoms with Crippen molar-refractivity contribution in [1.82, 2.24) is 5.32 Å². The van der Waals surface area contributed by atoms with Crippen LogP contribution in [0.2, 0.25) is 0 Å². The zero-order valence-electron chi connectivity index (χ0n) is 12.4. The Balaban J connectivity index is 2.25. The number of carbonyl (C=O) groups excluding carboxylic acids is 1. The van der Waals surface area contributed by atoms with Gasteiger partial charge >= 0.3 is 0 Å². The summed E-state index contributed by atoms with van der Waals surface area (Å²) < 4.78 is 11.8. The molecule has 0 spiro atoms. The number of nitrogens with two attached hydrogens (primary N) is 1. The summed E-state index contributed by atoms with van der Waals surface area (Å²) in [5, 5.41) is 3.05. The van der Waals surface area contributed by atoms with Gasteiger partial charge in [-0.05, 0) is 40.9 Å². The van der Waals surface area contributed by atoms with Crippen LogP contribution in [0.1, 0.15) is 37.0 Å². The summed E-state index contributed by atoms with van der Waals surface area (Å²) in [5.41, 5.74) is 6.00. The summed E-state index contributed by atoms with van der Waals surface area (Å²) >= 11 is 3.42. The average molecular weight is 357 g/mol. The molecule has 0 aliphatic carbocycles. The fourth-order valence-electron chi connectivity index (χ4n) is 2.32. The Morgan fingerprint density at radius 1 is 1.33 bits per heavy atom. The zero-order chi connectivity index (χ0) is 15.5. The second kappa shape index (κ2) is 6.66. The third-order valence-electron chi connectivity index (χ3n) is 3.98. The Bertz CT molecular complexity index is 522. The van der Waals surface area contributed by atoms with Crippen LogP contribution in [0.4, 0.5) is 0 Å². The molecule has 0 atom stereocenters. The largest absolute Gasteiger partial charge is 0.486 e. The van der Waals surface area contributed by atoms with Gasteiger partial charge in [-0.2, -0.15) is 0 Å². The van der Waals surface area contributed by atoms with Crippen molar-refractivity contribution in [3.63, 3.8) is 0 Å². The van der Waals surface area contributed by atoms with Crippen LogP contribution in [0.25, 0.3) is 0 Å². The lowest BCUT2D eigenvalue weighted by atomic mass is 9.92. The number of carbonyl (C=O) groups is 1. The number of nitrogens with one attached hydrogen (secondary N) is 1. The number of amides is 1. The molecule has 6 heteroatoms. The first-order valence-corrected chi connectivity index (χ1v) is 7.96. The lowest BCUT2D eigenvalue weighted by Gasteiger charge is -2.31. The minimum atomic E-state index is -0.364. The van der Waals surface area contributed by atoms with Crippen molar-refractivity contribution in [3.8, 4) is 11.5 Å². The molecule has 0 bridgehead atoms. The predicted molar refractivity (Wildman–Crippen MR) is 85.0 cm³/mol. The van der Waals surface area contributed by atoms with E-state index in [9.17, 15) is 4.79 Å². The molecule has 1 aromatic carbocycles. The van der Waals surface area contributed by atoms with Gasteiger partial charge in [0, 0.05) is 12.1 Å². The second-order valence-electron chi connectivity index (χ2n) is 5.13. The van der Waals surface area contributed by atoms with Gasteiger partial charge in [0.15, 0.2) is 11.5 Å². The summed E-state index contributed by atoms with van der Waals surface area (Å²) in [6.45, 7) is 5.46. The number of benzene rings is 1. The smallest absolute Gasteiger partial charge is 0.251 e. The fourth-order valence-corrected chi connectivity index (χ4v) is 2.88. The van der Waals surface area contributed by atoms with Gasteiger partial charge in [0.2, 0.25) is 0 Å². The zero-order valence-corrected chi connectivity index (χ0v) is 14.0. The molecule has 0 radical (unpaired) electrons. The van der Waals surface area contributed by atoms with Crippen LogP contribution in [-0.2, 0) is 0 Å². The summed E-state index contributed by atoms with van der Waals surface area (Å²) in [7, 11) is 0. The Hall–Kier alpha value is -1.27. The lowest BCUT2D eigenvalue weighted by molar-refractivity contribution is 0.0894. The van der Waals surface area contributed by atoms with Crippen molar-refractivity contribution in [1.29, 1.82) is 0 Å². The Labute approximate surface area is 133 Å². The van der Waals surface area contributed by atoms with Crippen molar-refractivity contribution in [2.75, 3.05) is 19.8 Å². The van der Waals surface area contributed by atoms with Crippen LogP contribution < -0.4 is 20.5 Å².